The second kappa shape index (κ2) is 5.85. The number of Topliss-reactive ketones (excluding diaryl/α,β-unsaturated/α-hetero) is 1. The van der Waals surface area contributed by atoms with Gasteiger partial charge in [0, 0.05) is 17.5 Å². The van der Waals surface area contributed by atoms with Gasteiger partial charge in [0.25, 0.3) is 0 Å². The molecule has 0 amide bonds. The molecule has 17 heavy (non-hydrogen) atoms. The van der Waals surface area contributed by atoms with Gasteiger partial charge in [-0.3, -0.25) is 4.79 Å². The van der Waals surface area contributed by atoms with Crippen molar-refractivity contribution >= 4 is 29.0 Å². The standard InChI is InChI=1S/C13H17Cl2NO/c1-3-13(4-2,8-16)12(17)9-6-5-7-10(14)11(9)15/h5-7H,3-4,8,16H2,1-2H3. The van der Waals surface area contributed by atoms with Crippen LogP contribution in [-0.4, -0.2) is 12.3 Å². The second-order valence-corrected chi connectivity index (χ2v) is 4.91. The van der Waals surface area contributed by atoms with Gasteiger partial charge < -0.3 is 5.73 Å². The van der Waals surface area contributed by atoms with Crippen molar-refractivity contribution in [3.8, 4) is 0 Å². The average Bonchev–Trinajstić information content (AvgIpc) is 2.35. The summed E-state index contributed by atoms with van der Waals surface area (Å²) < 4.78 is 0. The minimum atomic E-state index is -0.533. The molecule has 0 bridgehead atoms. The Morgan fingerprint density at radius 2 is 1.88 bits per heavy atom. The van der Waals surface area contributed by atoms with Crippen molar-refractivity contribution in [1.82, 2.24) is 0 Å². The molecule has 2 N–H and O–H groups in total. The number of nitrogens with two attached hydrogens (primary N) is 1. The molecule has 0 spiro atoms. The first kappa shape index (κ1) is 14.5. The first-order valence-corrected chi connectivity index (χ1v) is 6.47. The van der Waals surface area contributed by atoms with E-state index in [0.717, 1.165) is 0 Å². The third kappa shape index (κ3) is 2.65. The van der Waals surface area contributed by atoms with E-state index < -0.39 is 5.41 Å². The van der Waals surface area contributed by atoms with Crippen LogP contribution in [0.1, 0.15) is 37.0 Å². The fourth-order valence-corrected chi connectivity index (χ4v) is 2.30. The zero-order valence-corrected chi connectivity index (χ0v) is 11.6. The molecular weight excluding hydrogens is 257 g/mol. The van der Waals surface area contributed by atoms with Crippen LogP contribution in [0.5, 0.6) is 0 Å². The van der Waals surface area contributed by atoms with Gasteiger partial charge in [0.1, 0.15) is 0 Å². The van der Waals surface area contributed by atoms with Gasteiger partial charge in [0.2, 0.25) is 0 Å². The maximum atomic E-state index is 12.5. The van der Waals surface area contributed by atoms with E-state index in [1.807, 2.05) is 13.8 Å². The summed E-state index contributed by atoms with van der Waals surface area (Å²) in [5.74, 6) is -0.0162. The minimum Gasteiger partial charge on any atom is -0.329 e. The summed E-state index contributed by atoms with van der Waals surface area (Å²) in [4.78, 5) is 12.5. The van der Waals surface area contributed by atoms with Gasteiger partial charge in [0.15, 0.2) is 5.78 Å². The number of hydrogen-bond donors (Lipinski definition) is 1. The smallest absolute Gasteiger partial charge is 0.171 e. The summed E-state index contributed by atoms with van der Waals surface area (Å²) in [7, 11) is 0. The summed E-state index contributed by atoms with van der Waals surface area (Å²) in [6.45, 7) is 4.25. The van der Waals surface area contributed by atoms with Gasteiger partial charge in [-0.2, -0.15) is 0 Å². The highest BCUT2D eigenvalue weighted by molar-refractivity contribution is 6.44. The fourth-order valence-electron chi connectivity index (χ4n) is 1.92. The molecule has 0 saturated carbocycles. The molecule has 0 unspecified atom stereocenters. The molecule has 1 aromatic carbocycles. The van der Waals surface area contributed by atoms with E-state index in [0.29, 0.717) is 35.0 Å². The van der Waals surface area contributed by atoms with Gasteiger partial charge in [-0.25, -0.2) is 0 Å². The van der Waals surface area contributed by atoms with Crippen LogP contribution >= 0.6 is 23.2 Å². The Balaban J connectivity index is 3.24. The van der Waals surface area contributed by atoms with E-state index in [1.54, 1.807) is 18.2 Å². The first-order chi connectivity index (χ1) is 8.02. The summed E-state index contributed by atoms with van der Waals surface area (Å²) in [6.07, 6.45) is 1.39. The Bertz CT molecular complexity index is 406. The topological polar surface area (TPSA) is 43.1 Å². The third-order valence-corrected chi connectivity index (χ3v) is 4.24. The highest BCUT2D eigenvalue weighted by Gasteiger charge is 2.35. The molecule has 0 saturated heterocycles. The number of hydrogen-bond acceptors (Lipinski definition) is 2. The zero-order chi connectivity index (χ0) is 13.1. The van der Waals surface area contributed by atoms with Crippen LogP contribution in [0, 0.1) is 5.41 Å². The Labute approximate surface area is 112 Å². The van der Waals surface area contributed by atoms with Crippen LogP contribution in [0.3, 0.4) is 0 Å². The van der Waals surface area contributed by atoms with Crippen LogP contribution < -0.4 is 5.73 Å². The Kier molecular flexibility index (Phi) is 4.99. The number of carbonyl (C=O) groups is 1. The van der Waals surface area contributed by atoms with Crippen molar-refractivity contribution in [2.45, 2.75) is 26.7 Å². The first-order valence-electron chi connectivity index (χ1n) is 5.71. The Morgan fingerprint density at radius 3 is 2.35 bits per heavy atom. The SMILES string of the molecule is CCC(CC)(CN)C(=O)c1cccc(Cl)c1Cl. The molecule has 0 aliphatic heterocycles. The van der Waals surface area contributed by atoms with Crippen molar-refractivity contribution < 1.29 is 4.79 Å². The fraction of sp³-hybridized carbons (Fsp3) is 0.462. The van der Waals surface area contributed by atoms with Crippen molar-refractivity contribution in [3.05, 3.63) is 33.8 Å². The minimum absolute atomic E-state index is 0.0162. The van der Waals surface area contributed by atoms with Crippen LogP contribution in [0.25, 0.3) is 0 Å². The highest BCUT2D eigenvalue weighted by atomic mass is 35.5. The molecule has 0 radical (unpaired) electrons. The van der Waals surface area contributed by atoms with E-state index in [4.69, 9.17) is 28.9 Å². The van der Waals surface area contributed by atoms with Crippen molar-refractivity contribution in [1.29, 1.82) is 0 Å². The molecule has 0 heterocycles. The average molecular weight is 274 g/mol. The molecule has 1 rings (SSSR count). The lowest BCUT2D eigenvalue weighted by Crippen LogP contribution is -2.37. The van der Waals surface area contributed by atoms with Crippen molar-refractivity contribution in [2.24, 2.45) is 11.1 Å². The molecule has 0 aliphatic rings. The van der Waals surface area contributed by atoms with E-state index >= 15 is 0 Å². The van der Waals surface area contributed by atoms with E-state index in [-0.39, 0.29) is 5.78 Å². The van der Waals surface area contributed by atoms with Crippen LogP contribution in [0.15, 0.2) is 18.2 Å². The lowest BCUT2D eigenvalue weighted by Gasteiger charge is -2.28. The summed E-state index contributed by atoms with van der Waals surface area (Å²) in [5, 5.41) is 0.717. The van der Waals surface area contributed by atoms with Gasteiger partial charge in [0.05, 0.1) is 10.0 Å². The third-order valence-electron chi connectivity index (χ3n) is 3.42. The number of rotatable bonds is 5. The summed E-state index contributed by atoms with van der Waals surface area (Å²) in [5.41, 5.74) is 5.69. The summed E-state index contributed by atoms with van der Waals surface area (Å²) in [6, 6.07) is 5.10. The molecule has 1 aromatic rings. The zero-order valence-electron chi connectivity index (χ0n) is 10.1. The Morgan fingerprint density at radius 1 is 1.29 bits per heavy atom. The van der Waals surface area contributed by atoms with E-state index in [2.05, 4.69) is 0 Å². The van der Waals surface area contributed by atoms with Crippen LogP contribution in [0.2, 0.25) is 10.0 Å². The van der Waals surface area contributed by atoms with Crippen LogP contribution in [0.4, 0.5) is 0 Å². The highest BCUT2D eigenvalue weighted by Crippen LogP contribution is 2.34. The van der Waals surface area contributed by atoms with Crippen molar-refractivity contribution in [3.63, 3.8) is 0 Å². The molecule has 0 aromatic heterocycles. The van der Waals surface area contributed by atoms with Gasteiger partial charge in [-0.15, -0.1) is 0 Å². The maximum absolute atomic E-state index is 12.5. The second-order valence-electron chi connectivity index (χ2n) is 4.12. The molecule has 0 aliphatic carbocycles. The number of benzene rings is 1. The number of ketones is 1. The quantitative estimate of drug-likeness (QED) is 0.826. The lowest BCUT2D eigenvalue weighted by molar-refractivity contribution is 0.0787. The van der Waals surface area contributed by atoms with Gasteiger partial charge >= 0.3 is 0 Å². The molecule has 94 valence electrons. The monoisotopic (exact) mass is 273 g/mol. The lowest BCUT2D eigenvalue weighted by atomic mass is 9.76. The molecule has 0 fully saturated rings. The van der Waals surface area contributed by atoms with E-state index in [9.17, 15) is 4.79 Å². The number of carbonyl (C=O) groups excluding carboxylic acids is 1. The maximum Gasteiger partial charge on any atom is 0.171 e. The van der Waals surface area contributed by atoms with Crippen molar-refractivity contribution in [2.75, 3.05) is 6.54 Å². The predicted octanol–water partition coefficient (Wildman–Crippen LogP) is 3.94. The molecule has 4 heteroatoms. The Hall–Kier alpha value is -0.570. The van der Waals surface area contributed by atoms with Gasteiger partial charge in [-0.1, -0.05) is 43.1 Å². The van der Waals surface area contributed by atoms with E-state index in [1.165, 1.54) is 0 Å². The predicted molar refractivity (Wildman–Crippen MR) is 72.9 cm³/mol. The molecule has 2 nitrogen and oxygen atoms in total. The normalized spacial score (nSPS) is 11.6. The van der Waals surface area contributed by atoms with Crippen LogP contribution in [-0.2, 0) is 0 Å². The summed E-state index contributed by atoms with van der Waals surface area (Å²) >= 11 is 12.0. The number of halogens is 2. The molecular formula is C13H17Cl2NO. The molecule has 0 atom stereocenters. The van der Waals surface area contributed by atoms with Gasteiger partial charge in [-0.05, 0) is 25.0 Å². The largest absolute Gasteiger partial charge is 0.329 e.